The Hall–Kier alpha value is -4.81. The molecule has 2 saturated heterocycles. The summed E-state index contributed by atoms with van der Waals surface area (Å²) < 4.78 is 9.01. The largest absolute Gasteiger partial charge is 0.378 e. The summed E-state index contributed by atoms with van der Waals surface area (Å²) in [7, 11) is 1.66. The SMILES string of the molecule is C[C@H]1CN(C2COC2)CCN1c1ccc(Nc2cc(-c3nccc(N4CCn5c(cc6c5CC(C)(C)C6)C4=O)c3C=O)cn(C)c2=O)nc1. The molecule has 254 valence electrons. The second-order valence-electron chi connectivity index (χ2n) is 14.7. The van der Waals surface area contributed by atoms with Gasteiger partial charge in [0.1, 0.15) is 17.2 Å². The smallest absolute Gasteiger partial charge is 0.274 e. The summed E-state index contributed by atoms with van der Waals surface area (Å²) >= 11 is 0. The van der Waals surface area contributed by atoms with Gasteiger partial charge in [0.15, 0.2) is 6.29 Å². The monoisotopic (exact) mass is 662 g/mol. The molecule has 1 N–H and O–H groups in total. The lowest BCUT2D eigenvalue weighted by atomic mass is 9.90. The number of piperazine rings is 1. The molecule has 3 aliphatic heterocycles. The van der Waals surface area contributed by atoms with Crippen LogP contribution < -0.4 is 20.7 Å². The number of pyridine rings is 3. The summed E-state index contributed by atoms with van der Waals surface area (Å²) in [5.74, 6) is 0.408. The Morgan fingerprint density at radius 2 is 1.86 bits per heavy atom. The van der Waals surface area contributed by atoms with E-state index >= 15 is 0 Å². The van der Waals surface area contributed by atoms with Crippen LogP contribution in [-0.4, -0.2) is 87.7 Å². The summed E-state index contributed by atoms with van der Waals surface area (Å²) in [5, 5.41) is 3.19. The van der Waals surface area contributed by atoms with E-state index in [1.165, 1.54) is 15.8 Å². The molecule has 1 aliphatic carbocycles. The predicted molar refractivity (Wildman–Crippen MR) is 188 cm³/mol. The highest BCUT2D eigenvalue weighted by molar-refractivity contribution is 6.09. The molecule has 4 aromatic heterocycles. The lowest BCUT2D eigenvalue weighted by Gasteiger charge is -2.46. The van der Waals surface area contributed by atoms with Crippen LogP contribution in [0.25, 0.3) is 11.3 Å². The zero-order valence-electron chi connectivity index (χ0n) is 28.5. The zero-order valence-corrected chi connectivity index (χ0v) is 28.5. The maximum Gasteiger partial charge on any atom is 0.274 e. The first-order valence-electron chi connectivity index (χ1n) is 17.1. The number of nitrogens with zero attached hydrogens (tertiary/aromatic N) is 7. The Bertz CT molecular complexity index is 2010. The Balaban J connectivity index is 1.04. The quantitative estimate of drug-likeness (QED) is 0.294. The molecule has 0 bridgehead atoms. The number of rotatable bonds is 7. The van der Waals surface area contributed by atoms with Crippen molar-refractivity contribution in [1.82, 2.24) is 24.0 Å². The summed E-state index contributed by atoms with van der Waals surface area (Å²) in [5.41, 5.74) is 6.22. The summed E-state index contributed by atoms with van der Waals surface area (Å²) in [6.07, 6.45) is 7.76. The van der Waals surface area contributed by atoms with Gasteiger partial charge in [-0.15, -0.1) is 0 Å². The molecule has 0 aromatic carbocycles. The van der Waals surface area contributed by atoms with E-state index in [0.717, 1.165) is 57.7 Å². The fourth-order valence-electron chi connectivity index (χ4n) is 8.02. The molecular weight excluding hydrogens is 620 g/mol. The van der Waals surface area contributed by atoms with Crippen LogP contribution in [-0.2, 0) is 31.2 Å². The van der Waals surface area contributed by atoms with Crippen LogP contribution in [0.1, 0.15) is 52.9 Å². The number of carbonyl (C=O) groups is 2. The number of hydrogen-bond acceptors (Lipinski definition) is 9. The second-order valence-corrected chi connectivity index (χ2v) is 14.7. The van der Waals surface area contributed by atoms with E-state index in [1.54, 1.807) is 36.5 Å². The van der Waals surface area contributed by atoms with Gasteiger partial charge >= 0.3 is 0 Å². The zero-order chi connectivity index (χ0) is 34.0. The first kappa shape index (κ1) is 31.5. The lowest BCUT2D eigenvalue weighted by Crippen LogP contribution is -2.59. The number of aromatic nitrogens is 4. The van der Waals surface area contributed by atoms with Gasteiger partial charge in [0.05, 0.1) is 48.1 Å². The molecule has 0 spiro atoms. The minimum absolute atomic E-state index is 0.125. The molecule has 8 rings (SSSR count). The number of amides is 1. The molecule has 4 aromatic rings. The number of nitrogens with one attached hydrogen (secondary N) is 1. The van der Waals surface area contributed by atoms with Crippen molar-refractivity contribution >= 4 is 35.1 Å². The highest BCUT2D eigenvalue weighted by atomic mass is 16.5. The number of ether oxygens (including phenoxy) is 1. The van der Waals surface area contributed by atoms with E-state index in [-0.39, 0.29) is 16.9 Å². The second kappa shape index (κ2) is 12.0. The lowest BCUT2D eigenvalue weighted by molar-refractivity contribution is -0.0691. The minimum Gasteiger partial charge on any atom is -0.378 e. The Kier molecular flexibility index (Phi) is 7.68. The highest BCUT2D eigenvalue weighted by Gasteiger charge is 2.37. The van der Waals surface area contributed by atoms with E-state index in [1.807, 2.05) is 24.4 Å². The van der Waals surface area contributed by atoms with Crippen LogP contribution in [0, 0.1) is 5.41 Å². The maximum atomic E-state index is 13.9. The third-order valence-corrected chi connectivity index (χ3v) is 10.6. The van der Waals surface area contributed by atoms with Crippen molar-refractivity contribution in [3.8, 4) is 11.3 Å². The summed E-state index contributed by atoms with van der Waals surface area (Å²) in [6, 6.07) is 10.2. The normalized spacial score (nSPS) is 20.6. The molecule has 7 heterocycles. The average Bonchev–Trinajstić information content (AvgIpc) is 3.55. The van der Waals surface area contributed by atoms with Crippen molar-refractivity contribution in [3.05, 3.63) is 81.8 Å². The van der Waals surface area contributed by atoms with Gasteiger partial charge in [-0.25, -0.2) is 4.98 Å². The van der Waals surface area contributed by atoms with Crippen LogP contribution >= 0.6 is 0 Å². The van der Waals surface area contributed by atoms with Crippen LogP contribution in [0.15, 0.2) is 53.7 Å². The molecule has 2 fully saturated rings. The van der Waals surface area contributed by atoms with Gasteiger partial charge in [0.25, 0.3) is 11.5 Å². The van der Waals surface area contributed by atoms with Gasteiger partial charge < -0.3 is 29.0 Å². The van der Waals surface area contributed by atoms with Crippen molar-refractivity contribution < 1.29 is 14.3 Å². The van der Waals surface area contributed by atoms with Crippen molar-refractivity contribution in [1.29, 1.82) is 0 Å². The Morgan fingerprint density at radius 1 is 1.02 bits per heavy atom. The predicted octanol–water partition coefficient (Wildman–Crippen LogP) is 3.89. The number of aldehydes is 1. The Morgan fingerprint density at radius 3 is 2.57 bits per heavy atom. The average molecular weight is 663 g/mol. The van der Waals surface area contributed by atoms with E-state index in [4.69, 9.17) is 4.74 Å². The number of anilines is 4. The van der Waals surface area contributed by atoms with E-state index in [0.29, 0.717) is 64.9 Å². The fourth-order valence-corrected chi connectivity index (χ4v) is 8.02. The van der Waals surface area contributed by atoms with Gasteiger partial charge in [-0.2, -0.15) is 0 Å². The highest BCUT2D eigenvalue weighted by Crippen LogP contribution is 2.40. The number of fused-ring (bicyclic) bond motifs is 3. The van der Waals surface area contributed by atoms with E-state index < -0.39 is 0 Å². The topological polar surface area (TPSA) is 118 Å². The molecule has 4 aliphatic rings. The van der Waals surface area contributed by atoms with Crippen LogP contribution in [0.3, 0.4) is 0 Å². The first-order chi connectivity index (χ1) is 23.6. The van der Waals surface area contributed by atoms with Gasteiger partial charge in [-0.1, -0.05) is 13.8 Å². The van der Waals surface area contributed by atoms with E-state index in [2.05, 4.69) is 50.4 Å². The molecule has 1 amide bonds. The van der Waals surface area contributed by atoms with Crippen molar-refractivity contribution in [2.24, 2.45) is 12.5 Å². The maximum absolute atomic E-state index is 13.9. The fraction of sp³-hybridized carbons (Fsp3) is 0.432. The van der Waals surface area contributed by atoms with Crippen molar-refractivity contribution in [2.75, 3.05) is 54.5 Å². The third-order valence-electron chi connectivity index (χ3n) is 10.6. The van der Waals surface area contributed by atoms with Crippen LogP contribution in [0.2, 0.25) is 0 Å². The number of hydrogen-bond donors (Lipinski definition) is 1. The van der Waals surface area contributed by atoms with Gasteiger partial charge in [-0.3, -0.25) is 24.3 Å². The molecule has 12 nitrogen and oxygen atoms in total. The molecule has 0 saturated carbocycles. The molecule has 49 heavy (non-hydrogen) atoms. The van der Waals surface area contributed by atoms with E-state index in [9.17, 15) is 14.4 Å². The summed E-state index contributed by atoms with van der Waals surface area (Å²) in [4.78, 5) is 55.6. The van der Waals surface area contributed by atoms with Crippen molar-refractivity contribution in [3.63, 3.8) is 0 Å². The van der Waals surface area contributed by atoms with Gasteiger partial charge in [0.2, 0.25) is 0 Å². The number of aryl methyl sites for hydroxylation is 1. The third kappa shape index (κ3) is 5.52. The molecule has 1 atom stereocenters. The van der Waals surface area contributed by atoms with Crippen LogP contribution in [0.5, 0.6) is 0 Å². The molecule has 0 unspecified atom stereocenters. The molecular formula is C37H42N8O4. The van der Waals surface area contributed by atoms with Gasteiger partial charge in [0, 0.05) is 69.5 Å². The first-order valence-corrected chi connectivity index (χ1v) is 17.1. The molecule has 0 radical (unpaired) electrons. The summed E-state index contributed by atoms with van der Waals surface area (Å²) in [6.45, 7) is 12.4. The minimum atomic E-state index is -0.244. The van der Waals surface area contributed by atoms with Crippen molar-refractivity contribution in [2.45, 2.75) is 52.2 Å². The van der Waals surface area contributed by atoms with Gasteiger partial charge in [-0.05, 0) is 61.1 Å². The van der Waals surface area contributed by atoms with Crippen LogP contribution in [0.4, 0.5) is 22.9 Å². The standard InChI is InChI=1S/C37H42N8O4/c1-23-18-42(27-21-49-22-27)9-10-43(23)26-5-6-33(39-17-26)40-29-13-25(19-41(4)35(29)47)34-28(20-46)30(7-8-38-34)45-12-11-44-31(36(45)48)14-24-15-37(2,3)16-32(24)44/h5-8,13-14,17,19-20,23,27H,9-12,15-16,18,21-22H2,1-4H3,(H,39,40)/t23-/m0/s1. The Labute approximate surface area is 285 Å². The number of carbonyl (C=O) groups excluding carboxylic acids is 2. The molecule has 12 heteroatoms.